The molecule has 0 aliphatic heterocycles. The molecule has 0 aromatic heterocycles. The van der Waals surface area contributed by atoms with Crippen molar-refractivity contribution >= 4 is 5.91 Å². The topological polar surface area (TPSA) is 64.3 Å². The molecule has 94 valence electrons. The van der Waals surface area contributed by atoms with Gasteiger partial charge in [0.25, 0.3) is 0 Å². The zero-order chi connectivity index (χ0) is 12.8. The summed E-state index contributed by atoms with van der Waals surface area (Å²) in [6.07, 6.45) is 0. The molecule has 4 heteroatoms. The number of amides is 1. The summed E-state index contributed by atoms with van der Waals surface area (Å²) in [6.45, 7) is 6.18. The number of aryl methyl sites for hydroxylation is 1. The van der Waals surface area contributed by atoms with Crippen molar-refractivity contribution in [3.05, 3.63) is 29.8 Å². The summed E-state index contributed by atoms with van der Waals surface area (Å²) in [5, 5.41) is 3.06. The molecule has 0 heterocycles. The van der Waals surface area contributed by atoms with Crippen molar-refractivity contribution in [3.8, 4) is 5.75 Å². The van der Waals surface area contributed by atoms with Crippen molar-refractivity contribution < 1.29 is 9.53 Å². The Balaban J connectivity index is 2.51. The summed E-state index contributed by atoms with van der Waals surface area (Å²) in [6, 6.07) is 7.41. The Kier molecular flexibility index (Phi) is 4.97. The van der Waals surface area contributed by atoms with Gasteiger partial charge in [0.05, 0.1) is 0 Å². The van der Waals surface area contributed by atoms with Gasteiger partial charge >= 0.3 is 0 Å². The molecule has 4 nitrogen and oxygen atoms in total. The lowest BCUT2D eigenvalue weighted by atomic mass is 10.2. The Morgan fingerprint density at radius 1 is 1.35 bits per heavy atom. The number of carbonyl (C=O) groups excluding carboxylic acids is 1. The van der Waals surface area contributed by atoms with Gasteiger partial charge in [0.2, 0.25) is 5.91 Å². The Morgan fingerprint density at radius 2 is 1.94 bits per heavy atom. The van der Waals surface area contributed by atoms with Crippen LogP contribution in [0.4, 0.5) is 0 Å². The Labute approximate surface area is 102 Å². The number of hydrogen-bond donors (Lipinski definition) is 2. The van der Waals surface area contributed by atoms with Crippen molar-refractivity contribution in [1.29, 1.82) is 0 Å². The fourth-order valence-corrected chi connectivity index (χ4v) is 1.43. The number of ether oxygens (including phenoxy) is 1. The Morgan fingerprint density at radius 3 is 2.41 bits per heavy atom. The molecule has 17 heavy (non-hydrogen) atoms. The molecule has 0 spiro atoms. The third-order valence-corrected chi connectivity index (χ3v) is 2.32. The maximum Gasteiger partial charge on any atom is 0.238 e. The monoisotopic (exact) mass is 236 g/mol. The van der Waals surface area contributed by atoms with Gasteiger partial charge in [0.1, 0.15) is 18.4 Å². The van der Waals surface area contributed by atoms with E-state index >= 15 is 0 Å². The SMILES string of the molecule is Cc1ccc(OCC(NC(C)C)C(N)=O)cc1. The third-order valence-electron chi connectivity index (χ3n) is 2.32. The van der Waals surface area contributed by atoms with Gasteiger partial charge in [0, 0.05) is 6.04 Å². The first-order chi connectivity index (χ1) is 7.99. The van der Waals surface area contributed by atoms with Crippen LogP contribution in [-0.4, -0.2) is 24.6 Å². The summed E-state index contributed by atoms with van der Waals surface area (Å²) in [7, 11) is 0. The second-order valence-electron chi connectivity index (χ2n) is 4.40. The zero-order valence-electron chi connectivity index (χ0n) is 10.6. The first-order valence-electron chi connectivity index (χ1n) is 5.74. The van der Waals surface area contributed by atoms with E-state index < -0.39 is 11.9 Å². The largest absolute Gasteiger partial charge is 0.491 e. The van der Waals surface area contributed by atoms with Crippen molar-refractivity contribution in [2.45, 2.75) is 32.9 Å². The van der Waals surface area contributed by atoms with Crippen LogP contribution in [0.3, 0.4) is 0 Å². The van der Waals surface area contributed by atoms with E-state index in [9.17, 15) is 4.79 Å². The zero-order valence-corrected chi connectivity index (χ0v) is 10.6. The van der Waals surface area contributed by atoms with Gasteiger partial charge in [-0.25, -0.2) is 0 Å². The van der Waals surface area contributed by atoms with E-state index in [1.807, 2.05) is 45.0 Å². The predicted molar refractivity (Wildman–Crippen MR) is 67.9 cm³/mol. The van der Waals surface area contributed by atoms with E-state index in [2.05, 4.69) is 5.32 Å². The molecule has 1 aromatic rings. The van der Waals surface area contributed by atoms with E-state index in [0.29, 0.717) is 0 Å². The number of hydrogen-bond acceptors (Lipinski definition) is 3. The smallest absolute Gasteiger partial charge is 0.238 e. The molecular weight excluding hydrogens is 216 g/mol. The van der Waals surface area contributed by atoms with Crippen LogP contribution in [0.25, 0.3) is 0 Å². The fourth-order valence-electron chi connectivity index (χ4n) is 1.43. The maximum absolute atomic E-state index is 11.2. The van der Waals surface area contributed by atoms with Crippen LogP contribution >= 0.6 is 0 Å². The third kappa shape index (κ3) is 4.87. The van der Waals surface area contributed by atoms with Crippen molar-refractivity contribution in [1.82, 2.24) is 5.32 Å². The van der Waals surface area contributed by atoms with Gasteiger partial charge in [-0.3, -0.25) is 4.79 Å². The van der Waals surface area contributed by atoms with Crippen LogP contribution < -0.4 is 15.8 Å². The van der Waals surface area contributed by atoms with Crippen molar-refractivity contribution in [3.63, 3.8) is 0 Å². The predicted octanol–water partition coefficient (Wildman–Crippen LogP) is 1.23. The van der Waals surface area contributed by atoms with E-state index in [-0.39, 0.29) is 12.6 Å². The molecule has 1 atom stereocenters. The summed E-state index contributed by atoms with van der Waals surface area (Å²) >= 11 is 0. The second kappa shape index (κ2) is 6.25. The Bertz CT molecular complexity index is 360. The van der Waals surface area contributed by atoms with Gasteiger partial charge in [-0.05, 0) is 19.1 Å². The average Bonchev–Trinajstić information content (AvgIpc) is 2.25. The van der Waals surface area contributed by atoms with Gasteiger partial charge in [-0.1, -0.05) is 31.5 Å². The molecule has 0 bridgehead atoms. The molecule has 0 fully saturated rings. The van der Waals surface area contributed by atoms with E-state index in [4.69, 9.17) is 10.5 Å². The lowest BCUT2D eigenvalue weighted by Crippen LogP contribution is -2.48. The lowest BCUT2D eigenvalue weighted by molar-refractivity contribution is -0.120. The quantitative estimate of drug-likeness (QED) is 0.780. The molecule has 0 aliphatic rings. The average molecular weight is 236 g/mol. The summed E-state index contributed by atoms with van der Waals surface area (Å²) in [4.78, 5) is 11.2. The normalized spacial score (nSPS) is 12.5. The highest BCUT2D eigenvalue weighted by Gasteiger charge is 2.16. The van der Waals surface area contributed by atoms with Crippen molar-refractivity contribution in [2.24, 2.45) is 5.73 Å². The number of rotatable bonds is 6. The highest BCUT2D eigenvalue weighted by Crippen LogP contribution is 2.11. The van der Waals surface area contributed by atoms with E-state index in [1.54, 1.807) is 0 Å². The molecule has 1 aromatic carbocycles. The van der Waals surface area contributed by atoms with Crippen LogP contribution in [-0.2, 0) is 4.79 Å². The van der Waals surface area contributed by atoms with E-state index in [0.717, 1.165) is 5.75 Å². The van der Waals surface area contributed by atoms with Gasteiger partial charge < -0.3 is 15.8 Å². The number of nitrogens with two attached hydrogens (primary N) is 1. The van der Waals surface area contributed by atoms with Crippen molar-refractivity contribution in [2.75, 3.05) is 6.61 Å². The van der Waals surface area contributed by atoms with Gasteiger partial charge in [-0.15, -0.1) is 0 Å². The highest BCUT2D eigenvalue weighted by molar-refractivity contribution is 5.80. The fraction of sp³-hybridized carbons (Fsp3) is 0.462. The first kappa shape index (κ1) is 13.5. The molecule has 1 unspecified atom stereocenters. The van der Waals surface area contributed by atoms with Crippen LogP contribution in [0.15, 0.2) is 24.3 Å². The summed E-state index contributed by atoms with van der Waals surface area (Å²) < 4.78 is 5.52. The number of primary amides is 1. The van der Waals surface area contributed by atoms with Crippen LogP contribution in [0.5, 0.6) is 5.75 Å². The van der Waals surface area contributed by atoms with E-state index in [1.165, 1.54) is 5.56 Å². The molecule has 0 radical (unpaired) electrons. The first-order valence-corrected chi connectivity index (χ1v) is 5.74. The number of nitrogens with one attached hydrogen (secondary N) is 1. The number of carbonyl (C=O) groups is 1. The minimum absolute atomic E-state index is 0.189. The lowest BCUT2D eigenvalue weighted by Gasteiger charge is -2.18. The molecule has 0 aliphatic carbocycles. The molecule has 1 rings (SSSR count). The molecule has 0 saturated carbocycles. The molecule has 0 saturated heterocycles. The molecular formula is C13H20N2O2. The maximum atomic E-state index is 11.2. The Hall–Kier alpha value is -1.55. The van der Waals surface area contributed by atoms with Crippen LogP contribution in [0, 0.1) is 6.92 Å². The summed E-state index contributed by atoms with van der Waals surface area (Å²) in [5.74, 6) is 0.346. The summed E-state index contributed by atoms with van der Waals surface area (Å²) in [5.41, 5.74) is 6.46. The second-order valence-corrected chi connectivity index (χ2v) is 4.40. The van der Waals surface area contributed by atoms with Crippen LogP contribution in [0.2, 0.25) is 0 Å². The minimum atomic E-state index is -0.462. The van der Waals surface area contributed by atoms with Gasteiger partial charge in [-0.2, -0.15) is 0 Å². The number of benzene rings is 1. The highest BCUT2D eigenvalue weighted by atomic mass is 16.5. The van der Waals surface area contributed by atoms with Gasteiger partial charge in [0.15, 0.2) is 0 Å². The molecule has 3 N–H and O–H groups in total. The minimum Gasteiger partial charge on any atom is -0.491 e. The molecule has 1 amide bonds. The standard InChI is InChI=1S/C13H20N2O2/c1-9(2)15-12(13(14)16)8-17-11-6-4-10(3)5-7-11/h4-7,9,12,15H,8H2,1-3H3,(H2,14,16). The van der Waals surface area contributed by atoms with Crippen LogP contribution in [0.1, 0.15) is 19.4 Å².